The van der Waals surface area contributed by atoms with Crippen LogP contribution in [0, 0.1) is 0 Å². The summed E-state index contributed by atoms with van der Waals surface area (Å²) in [5, 5.41) is 4.02. The normalized spacial score (nSPS) is 11.6. The molecule has 3 rings (SSSR count). The predicted octanol–water partition coefficient (Wildman–Crippen LogP) is 2.44. The molecule has 0 saturated heterocycles. The van der Waals surface area contributed by atoms with E-state index in [0.717, 1.165) is 16.9 Å². The fourth-order valence-electron chi connectivity index (χ4n) is 2.06. The van der Waals surface area contributed by atoms with E-state index in [1.54, 1.807) is 6.08 Å². The SMILES string of the molecule is C=c1[nH]oc(=O)c1=Cc1ccc(OCc2ccc(Cl)cc2)cc1. The smallest absolute Gasteiger partial charge is 0.365 e. The quantitative estimate of drug-likeness (QED) is 0.800. The van der Waals surface area contributed by atoms with Crippen molar-refractivity contribution in [1.29, 1.82) is 0 Å². The van der Waals surface area contributed by atoms with Crippen molar-refractivity contribution in [3.63, 3.8) is 0 Å². The zero-order chi connectivity index (χ0) is 16.2. The molecule has 0 fully saturated rings. The molecule has 23 heavy (non-hydrogen) atoms. The summed E-state index contributed by atoms with van der Waals surface area (Å²) in [5.41, 5.74) is 1.47. The minimum atomic E-state index is -0.432. The lowest BCUT2D eigenvalue weighted by Gasteiger charge is -2.06. The van der Waals surface area contributed by atoms with Gasteiger partial charge in [0.1, 0.15) is 12.4 Å². The lowest BCUT2D eigenvalue weighted by atomic mass is 10.2. The van der Waals surface area contributed by atoms with Crippen LogP contribution in [0.5, 0.6) is 5.75 Å². The molecule has 1 heterocycles. The van der Waals surface area contributed by atoms with Crippen molar-refractivity contribution in [2.75, 3.05) is 0 Å². The number of aromatic nitrogens is 1. The van der Waals surface area contributed by atoms with Crippen LogP contribution in [0.3, 0.4) is 0 Å². The van der Waals surface area contributed by atoms with Crippen molar-refractivity contribution in [3.8, 4) is 5.75 Å². The number of nitrogens with one attached hydrogen (secondary N) is 1. The summed E-state index contributed by atoms with van der Waals surface area (Å²) in [5.74, 6) is 0.744. The Hall–Kier alpha value is -2.72. The van der Waals surface area contributed by atoms with Crippen molar-refractivity contribution >= 4 is 24.3 Å². The highest BCUT2D eigenvalue weighted by atomic mass is 35.5. The molecule has 0 spiro atoms. The van der Waals surface area contributed by atoms with E-state index >= 15 is 0 Å². The molecule has 116 valence electrons. The van der Waals surface area contributed by atoms with E-state index in [2.05, 4.69) is 16.3 Å². The molecule has 1 N–H and O–H groups in total. The summed E-state index contributed by atoms with van der Waals surface area (Å²) in [7, 11) is 0. The lowest BCUT2D eigenvalue weighted by Crippen LogP contribution is -2.31. The van der Waals surface area contributed by atoms with Crippen molar-refractivity contribution < 1.29 is 9.26 Å². The first-order chi connectivity index (χ1) is 11.1. The monoisotopic (exact) mass is 327 g/mol. The molecule has 3 aromatic rings. The molecule has 0 saturated carbocycles. The summed E-state index contributed by atoms with van der Waals surface area (Å²) in [4.78, 5) is 11.5. The van der Waals surface area contributed by atoms with Crippen LogP contribution in [-0.2, 0) is 6.61 Å². The number of H-pyrrole nitrogens is 1. The molecule has 0 atom stereocenters. The Morgan fingerprint density at radius 3 is 2.43 bits per heavy atom. The first kappa shape index (κ1) is 15.2. The first-order valence-electron chi connectivity index (χ1n) is 6.97. The number of hydrogen-bond donors (Lipinski definition) is 1. The zero-order valence-electron chi connectivity index (χ0n) is 12.2. The van der Waals surface area contributed by atoms with E-state index in [1.807, 2.05) is 48.5 Å². The Bertz CT molecular complexity index is 923. The molecule has 0 bridgehead atoms. The second kappa shape index (κ2) is 6.58. The van der Waals surface area contributed by atoms with Crippen molar-refractivity contribution in [2.45, 2.75) is 6.61 Å². The highest BCUT2D eigenvalue weighted by molar-refractivity contribution is 6.30. The highest BCUT2D eigenvalue weighted by Crippen LogP contribution is 2.15. The second-order valence-electron chi connectivity index (χ2n) is 5.01. The standard InChI is InChI=1S/C18H14ClNO3/c1-12-17(18(21)23-20-12)10-13-4-8-16(9-5-13)22-11-14-2-6-15(19)7-3-14/h2-10,20H,1,11H2. The molecule has 2 aromatic carbocycles. The number of ether oxygens (including phenoxy) is 1. The molecular formula is C18H14ClNO3. The van der Waals surface area contributed by atoms with Crippen LogP contribution in [0.2, 0.25) is 5.02 Å². The Morgan fingerprint density at radius 1 is 1.13 bits per heavy atom. The van der Waals surface area contributed by atoms with Gasteiger partial charge in [0.2, 0.25) is 0 Å². The Kier molecular flexibility index (Phi) is 4.35. The zero-order valence-corrected chi connectivity index (χ0v) is 13.0. The predicted molar refractivity (Wildman–Crippen MR) is 89.9 cm³/mol. The molecule has 0 aliphatic rings. The van der Waals surface area contributed by atoms with Gasteiger partial charge in [0, 0.05) is 5.02 Å². The summed E-state index contributed by atoms with van der Waals surface area (Å²) < 4.78 is 10.4. The van der Waals surface area contributed by atoms with Crippen LogP contribution in [0.15, 0.2) is 57.8 Å². The summed E-state index contributed by atoms with van der Waals surface area (Å²) in [6, 6.07) is 14.9. The van der Waals surface area contributed by atoms with Gasteiger partial charge < -0.3 is 9.26 Å². The van der Waals surface area contributed by atoms with Crippen LogP contribution >= 0.6 is 11.6 Å². The fraction of sp³-hybridized carbons (Fsp3) is 0.0556. The molecule has 0 amide bonds. The van der Waals surface area contributed by atoms with E-state index in [4.69, 9.17) is 16.3 Å². The molecule has 0 aliphatic heterocycles. The van der Waals surface area contributed by atoms with E-state index in [9.17, 15) is 4.79 Å². The largest absolute Gasteiger partial charge is 0.489 e. The Balaban J connectivity index is 1.72. The summed E-state index contributed by atoms with van der Waals surface area (Å²) in [6.07, 6.45) is 1.72. The van der Waals surface area contributed by atoms with Gasteiger partial charge in [0.05, 0.1) is 10.6 Å². The molecule has 1 aromatic heterocycles. The Labute approximate surface area is 137 Å². The number of benzene rings is 2. The molecule has 0 unspecified atom stereocenters. The minimum absolute atomic E-state index is 0.417. The summed E-state index contributed by atoms with van der Waals surface area (Å²) >= 11 is 5.85. The highest BCUT2D eigenvalue weighted by Gasteiger charge is 1.99. The van der Waals surface area contributed by atoms with Crippen molar-refractivity contribution in [3.05, 3.63) is 85.7 Å². The van der Waals surface area contributed by atoms with Gasteiger partial charge in [-0.15, -0.1) is 0 Å². The third kappa shape index (κ3) is 3.73. The van der Waals surface area contributed by atoms with Gasteiger partial charge in [-0.2, -0.15) is 0 Å². The molecule has 5 heteroatoms. The number of hydrogen-bond acceptors (Lipinski definition) is 3. The first-order valence-corrected chi connectivity index (χ1v) is 7.35. The molecular weight excluding hydrogens is 314 g/mol. The summed E-state index contributed by atoms with van der Waals surface area (Å²) in [6.45, 7) is 4.17. The van der Waals surface area contributed by atoms with Crippen LogP contribution in [0.25, 0.3) is 12.7 Å². The maximum atomic E-state index is 11.5. The lowest BCUT2D eigenvalue weighted by molar-refractivity contribution is 0.306. The Morgan fingerprint density at radius 2 is 1.83 bits per heavy atom. The van der Waals surface area contributed by atoms with Gasteiger partial charge in [-0.25, -0.2) is 9.95 Å². The third-order valence-electron chi connectivity index (χ3n) is 3.32. The van der Waals surface area contributed by atoms with Crippen LogP contribution in [0.1, 0.15) is 11.1 Å². The minimum Gasteiger partial charge on any atom is -0.489 e. The number of halogens is 1. The third-order valence-corrected chi connectivity index (χ3v) is 3.57. The van der Waals surface area contributed by atoms with Crippen molar-refractivity contribution in [1.82, 2.24) is 5.16 Å². The van der Waals surface area contributed by atoms with Gasteiger partial charge in [0.15, 0.2) is 0 Å². The van der Waals surface area contributed by atoms with Crippen LogP contribution in [-0.4, -0.2) is 5.16 Å². The van der Waals surface area contributed by atoms with Crippen LogP contribution < -0.4 is 20.9 Å². The molecule has 0 aliphatic carbocycles. The van der Waals surface area contributed by atoms with Gasteiger partial charge in [-0.1, -0.05) is 42.4 Å². The van der Waals surface area contributed by atoms with Crippen molar-refractivity contribution in [2.24, 2.45) is 0 Å². The number of rotatable bonds is 4. The van der Waals surface area contributed by atoms with Gasteiger partial charge in [-0.05, 0) is 41.5 Å². The van der Waals surface area contributed by atoms with E-state index < -0.39 is 5.63 Å². The second-order valence-corrected chi connectivity index (χ2v) is 5.45. The topological polar surface area (TPSA) is 55.2 Å². The van der Waals surface area contributed by atoms with Gasteiger partial charge >= 0.3 is 5.63 Å². The van der Waals surface area contributed by atoms with E-state index in [-0.39, 0.29) is 0 Å². The average molecular weight is 328 g/mol. The maximum Gasteiger partial charge on any atom is 0.365 e. The molecule has 0 radical (unpaired) electrons. The van der Waals surface area contributed by atoms with Gasteiger partial charge in [0.25, 0.3) is 0 Å². The maximum absolute atomic E-state index is 11.5. The fourth-order valence-corrected chi connectivity index (χ4v) is 2.19. The van der Waals surface area contributed by atoms with E-state index in [0.29, 0.717) is 22.2 Å². The average Bonchev–Trinajstić information content (AvgIpc) is 2.88. The van der Waals surface area contributed by atoms with Gasteiger partial charge in [-0.3, -0.25) is 0 Å². The molecule has 4 nitrogen and oxygen atoms in total. The number of aromatic amines is 1. The van der Waals surface area contributed by atoms with E-state index in [1.165, 1.54) is 0 Å². The van der Waals surface area contributed by atoms with Crippen LogP contribution in [0.4, 0.5) is 0 Å².